The normalized spacial score (nSPS) is 23.0. The number of methoxy groups -OCH3 is 1. The van der Waals surface area contributed by atoms with Crippen LogP contribution in [0.3, 0.4) is 0 Å². The van der Waals surface area contributed by atoms with E-state index in [0.717, 1.165) is 18.8 Å². The van der Waals surface area contributed by atoms with Crippen LogP contribution in [0, 0.1) is 25.7 Å². The summed E-state index contributed by atoms with van der Waals surface area (Å²) in [4.78, 5) is 17.5. The molecule has 0 aromatic heterocycles. The first kappa shape index (κ1) is 31.8. The molecule has 1 saturated carbocycles. The highest BCUT2D eigenvalue weighted by atomic mass is 32.2. The number of carbonyl (C=O) groups is 1. The highest BCUT2D eigenvalue weighted by molar-refractivity contribution is 7.89. The molecule has 1 saturated heterocycles. The van der Waals surface area contributed by atoms with Crippen molar-refractivity contribution in [1.29, 1.82) is 0 Å². The molecule has 1 heterocycles. The number of likely N-dealkylation sites (tertiary alicyclic amines) is 1. The Kier molecular flexibility index (Phi) is 12.1. The maximum Gasteiger partial charge on any atom is 0.248 e. The molecule has 1 aromatic rings. The Labute approximate surface area is 237 Å². The topological polar surface area (TPSA) is 79.4 Å². The molecule has 0 radical (unpaired) electrons. The van der Waals surface area contributed by atoms with Gasteiger partial charge in [0, 0.05) is 26.7 Å². The molecule has 3 rings (SSSR count). The summed E-state index contributed by atoms with van der Waals surface area (Å²) in [5.74, 6) is 2.15. The fourth-order valence-corrected chi connectivity index (χ4v) is 7.87. The van der Waals surface area contributed by atoms with E-state index >= 15 is 0 Å². The lowest BCUT2D eigenvalue weighted by molar-refractivity contribution is -0.137. The van der Waals surface area contributed by atoms with E-state index in [-0.39, 0.29) is 31.7 Å². The molecule has 1 amide bonds. The van der Waals surface area contributed by atoms with Gasteiger partial charge in [-0.25, -0.2) is 8.42 Å². The van der Waals surface area contributed by atoms with E-state index in [1.54, 1.807) is 40.1 Å². The van der Waals surface area contributed by atoms with Crippen molar-refractivity contribution in [3.63, 3.8) is 0 Å². The van der Waals surface area contributed by atoms with Crippen molar-refractivity contribution in [3.05, 3.63) is 23.3 Å². The molecule has 1 aromatic carbocycles. The third-order valence-electron chi connectivity index (χ3n) is 8.86. The molecule has 0 spiro atoms. The molecule has 2 fully saturated rings. The first-order valence-corrected chi connectivity index (χ1v) is 16.1. The second-order valence-corrected chi connectivity index (χ2v) is 13.8. The number of hydrogen-bond donors (Lipinski definition) is 0. The summed E-state index contributed by atoms with van der Waals surface area (Å²) in [6.45, 7) is 6.30. The SMILES string of the molecule is COc1cc(C)c(S(=O)(=O)N(C)CCOCC(=O)N(C)[C@H]2CCC[C@H](CCC3CCCN(C)CC3)C2)c(C)c1. The van der Waals surface area contributed by atoms with Crippen molar-refractivity contribution in [3.8, 4) is 5.75 Å². The number of likely N-dealkylation sites (N-methyl/N-ethyl adjacent to an activating group) is 2. The zero-order valence-electron chi connectivity index (χ0n) is 25.1. The minimum Gasteiger partial charge on any atom is -0.497 e. The van der Waals surface area contributed by atoms with Crippen molar-refractivity contribution < 1.29 is 22.7 Å². The summed E-state index contributed by atoms with van der Waals surface area (Å²) in [6, 6.07) is 3.72. The number of sulfonamides is 1. The highest BCUT2D eigenvalue weighted by Crippen LogP contribution is 2.33. The summed E-state index contributed by atoms with van der Waals surface area (Å²) in [5.41, 5.74) is 1.29. The van der Waals surface area contributed by atoms with E-state index in [0.29, 0.717) is 27.7 Å². The monoisotopic (exact) mass is 565 g/mol. The Morgan fingerprint density at radius 3 is 2.36 bits per heavy atom. The van der Waals surface area contributed by atoms with Crippen molar-refractivity contribution >= 4 is 15.9 Å². The zero-order valence-corrected chi connectivity index (χ0v) is 25.9. The van der Waals surface area contributed by atoms with Gasteiger partial charge in [-0.05, 0) is 101 Å². The summed E-state index contributed by atoms with van der Waals surface area (Å²) >= 11 is 0. The number of nitrogens with zero attached hydrogens (tertiary/aromatic N) is 3. The maximum atomic E-state index is 13.2. The smallest absolute Gasteiger partial charge is 0.248 e. The van der Waals surface area contributed by atoms with Crippen LogP contribution in [-0.2, 0) is 19.6 Å². The average molecular weight is 566 g/mol. The Balaban J connectivity index is 1.42. The minimum atomic E-state index is -3.68. The molecule has 1 aliphatic carbocycles. The summed E-state index contributed by atoms with van der Waals surface area (Å²) in [5, 5.41) is 0. The standard InChI is InChI=1S/C30H51N3O5S/c1-23-19-28(37-6)20-24(2)30(23)39(35,36)32(4)17-18-38-22-29(34)33(5)27-11-7-9-26(21-27)13-12-25-10-8-15-31(3)16-14-25/h19-20,25-27H,7-18,21-22H2,1-6H3/t25?,26-,27+/m1/s1. The third kappa shape index (κ3) is 8.90. The van der Waals surface area contributed by atoms with Gasteiger partial charge in [0.1, 0.15) is 12.4 Å². The van der Waals surface area contributed by atoms with Crippen LogP contribution in [0.15, 0.2) is 17.0 Å². The first-order valence-electron chi connectivity index (χ1n) is 14.7. The van der Waals surface area contributed by atoms with Crippen LogP contribution >= 0.6 is 0 Å². The molecule has 9 heteroatoms. The third-order valence-corrected chi connectivity index (χ3v) is 11.0. The van der Waals surface area contributed by atoms with Crippen molar-refractivity contribution in [2.24, 2.45) is 11.8 Å². The quantitative estimate of drug-likeness (QED) is 0.348. The molecular formula is C30H51N3O5S. The number of amides is 1. The maximum absolute atomic E-state index is 13.2. The highest BCUT2D eigenvalue weighted by Gasteiger charge is 2.29. The van der Waals surface area contributed by atoms with Gasteiger partial charge >= 0.3 is 0 Å². The van der Waals surface area contributed by atoms with Crippen LogP contribution in [0.5, 0.6) is 5.75 Å². The summed E-state index contributed by atoms with van der Waals surface area (Å²) < 4.78 is 38.6. The average Bonchev–Trinajstić information content (AvgIpc) is 3.12. The van der Waals surface area contributed by atoms with E-state index in [2.05, 4.69) is 11.9 Å². The molecule has 39 heavy (non-hydrogen) atoms. The van der Waals surface area contributed by atoms with Gasteiger partial charge in [0.05, 0.1) is 18.6 Å². The van der Waals surface area contributed by atoms with Gasteiger partial charge in [0.2, 0.25) is 15.9 Å². The second kappa shape index (κ2) is 14.8. The van der Waals surface area contributed by atoms with E-state index < -0.39 is 10.0 Å². The van der Waals surface area contributed by atoms with Crippen molar-refractivity contribution in [1.82, 2.24) is 14.1 Å². The molecule has 0 N–H and O–H groups in total. The molecule has 3 atom stereocenters. The van der Waals surface area contributed by atoms with E-state index in [1.807, 2.05) is 11.9 Å². The van der Waals surface area contributed by atoms with Crippen molar-refractivity contribution in [2.45, 2.75) is 82.6 Å². The largest absolute Gasteiger partial charge is 0.497 e. The number of benzene rings is 1. The lowest BCUT2D eigenvalue weighted by Gasteiger charge is -2.36. The van der Waals surface area contributed by atoms with Crippen LogP contribution in [-0.4, -0.2) is 95.6 Å². The van der Waals surface area contributed by atoms with Gasteiger partial charge in [-0.3, -0.25) is 4.79 Å². The number of carbonyl (C=O) groups excluding carboxylic acids is 1. The minimum absolute atomic E-state index is 0.0261. The molecule has 1 aliphatic heterocycles. The molecule has 0 bridgehead atoms. The predicted octanol–water partition coefficient (Wildman–Crippen LogP) is 4.48. The van der Waals surface area contributed by atoms with Gasteiger partial charge in [-0.2, -0.15) is 4.31 Å². The van der Waals surface area contributed by atoms with Gasteiger partial charge in [0.15, 0.2) is 0 Å². The van der Waals surface area contributed by atoms with Crippen molar-refractivity contribution in [2.75, 3.05) is 61.1 Å². The number of rotatable bonds is 12. The van der Waals surface area contributed by atoms with Gasteiger partial charge in [0.25, 0.3) is 0 Å². The fraction of sp³-hybridized carbons (Fsp3) is 0.767. The Morgan fingerprint density at radius 1 is 1.00 bits per heavy atom. The number of ether oxygens (including phenoxy) is 2. The molecule has 1 unspecified atom stereocenters. The van der Waals surface area contributed by atoms with Gasteiger partial charge in [-0.15, -0.1) is 0 Å². The lowest BCUT2D eigenvalue weighted by Crippen LogP contribution is -2.42. The van der Waals surface area contributed by atoms with Crippen LogP contribution in [0.4, 0.5) is 0 Å². The number of aryl methyl sites for hydroxylation is 2. The van der Waals surface area contributed by atoms with Crippen LogP contribution in [0.1, 0.15) is 68.9 Å². The molecular weight excluding hydrogens is 514 g/mol. The zero-order chi connectivity index (χ0) is 28.6. The van der Waals surface area contributed by atoms with Crippen LogP contribution in [0.2, 0.25) is 0 Å². The van der Waals surface area contributed by atoms with Gasteiger partial charge < -0.3 is 19.3 Å². The lowest BCUT2D eigenvalue weighted by atomic mass is 9.80. The molecule has 222 valence electrons. The summed E-state index contributed by atoms with van der Waals surface area (Å²) in [6.07, 6.45) is 11.2. The first-order chi connectivity index (χ1) is 18.5. The molecule has 2 aliphatic rings. The summed E-state index contributed by atoms with van der Waals surface area (Å²) in [7, 11) is 3.55. The Bertz CT molecular complexity index is 1020. The van der Waals surface area contributed by atoms with E-state index in [1.165, 1.54) is 62.3 Å². The number of hydrogen-bond acceptors (Lipinski definition) is 6. The van der Waals surface area contributed by atoms with Crippen LogP contribution < -0.4 is 4.74 Å². The van der Waals surface area contributed by atoms with E-state index in [4.69, 9.17) is 9.47 Å². The Hall–Kier alpha value is -1.68. The fourth-order valence-electron chi connectivity index (χ4n) is 6.31. The van der Waals surface area contributed by atoms with Gasteiger partial charge in [-0.1, -0.05) is 25.7 Å². The van der Waals surface area contributed by atoms with Crippen LogP contribution in [0.25, 0.3) is 0 Å². The predicted molar refractivity (Wildman–Crippen MR) is 156 cm³/mol. The second-order valence-electron chi connectivity index (χ2n) is 11.8. The Morgan fingerprint density at radius 2 is 1.67 bits per heavy atom. The molecule has 8 nitrogen and oxygen atoms in total. The van der Waals surface area contributed by atoms with E-state index in [9.17, 15) is 13.2 Å².